The topological polar surface area (TPSA) is 57.6 Å². The molecule has 1 amide bonds. The zero-order valence-corrected chi connectivity index (χ0v) is 7.95. The van der Waals surface area contributed by atoms with Gasteiger partial charge in [-0.15, -0.1) is 0 Å². The van der Waals surface area contributed by atoms with Gasteiger partial charge in [0.2, 0.25) is 0 Å². The van der Waals surface area contributed by atoms with Crippen molar-refractivity contribution in [3.63, 3.8) is 0 Å². The highest BCUT2D eigenvalue weighted by molar-refractivity contribution is 5.67. The van der Waals surface area contributed by atoms with Crippen molar-refractivity contribution in [1.29, 1.82) is 0 Å². The van der Waals surface area contributed by atoms with Crippen molar-refractivity contribution in [2.75, 3.05) is 13.1 Å². The Morgan fingerprint density at radius 2 is 1.93 bits per heavy atom. The Hall–Kier alpha value is -1.20. The molecule has 2 fully saturated rings. The lowest BCUT2D eigenvalue weighted by Crippen LogP contribution is -2.39. The lowest BCUT2D eigenvalue weighted by atomic mass is 9.91. The Morgan fingerprint density at radius 1 is 1.40 bits per heavy atom. The summed E-state index contributed by atoms with van der Waals surface area (Å²) in [6, 6.07) is 0. The van der Waals surface area contributed by atoms with Crippen LogP contribution in [0, 0.1) is 11.3 Å². The van der Waals surface area contributed by atoms with Crippen molar-refractivity contribution in [1.82, 2.24) is 4.90 Å². The molecular weight excluding hydrogens is 208 g/mol. The van der Waals surface area contributed by atoms with Gasteiger partial charge in [0.25, 0.3) is 5.92 Å². The van der Waals surface area contributed by atoms with E-state index in [0.717, 1.165) is 4.90 Å². The average molecular weight is 219 g/mol. The number of hydrogen-bond acceptors (Lipinski definition) is 2. The van der Waals surface area contributed by atoms with E-state index in [1.807, 2.05) is 0 Å². The van der Waals surface area contributed by atoms with E-state index in [4.69, 9.17) is 5.11 Å². The number of likely N-dealkylation sites (tertiary alicyclic amines) is 1. The van der Waals surface area contributed by atoms with Crippen molar-refractivity contribution in [2.24, 2.45) is 11.3 Å². The van der Waals surface area contributed by atoms with E-state index in [0.29, 0.717) is 6.29 Å². The molecule has 0 aromatic rings. The number of amides is 1. The molecule has 2 aliphatic rings. The van der Waals surface area contributed by atoms with Crippen LogP contribution >= 0.6 is 0 Å². The minimum absolute atomic E-state index is 0.0791. The molecule has 1 saturated carbocycles. The molecule has 0 aromatic heterocycles. The second-order valence-corrected chi connectivity index (χ2v) is 4.16. The first kappa shape index (κ1) is 10.3. The molecule has 1 saturated heterocycles. The fraction of sp³-hybridized carbons (Fsp3) is 0.778. The maximum atomic E-state index is 13.3. The van der Waals surface area contributed by atoms with Crippen molar-refractivity contribution in [3.8, 4) is 0 Å². The third-order valence-corrected chi connectivity index (χ3v) is 3.63. The van der Waals surface area contributed by atoms with E-state index in [2.05, 4.69) is 0 Å². The zero-order valence-electron chi connectivity index (χ0n) is 7.95. The van der Waals surface area contributed by atoms with Gasteiger partial charge in [0, 0.05) is 13.1 Å². The zero-order chi connectivity index (χ0) is 11.3. The number of nitrogens with zero attached hydrogens (tertiary/aromatic N) is 1. The maximum absolute atomic E-state index is 13.3. The van der Waals surface area contributed by atoms with Crippen LogP contribution in [0.15, 0.2) is 0 Å². The molecule has 1 spiro atoms. The Kier molecular flexibility index (Phi) is 1.99. The Bertz CT molecular complexity index is 310. The van der Waals surface area contributed by atoms with Gasteiger partial charge in [0.05, 0.1) is 11.3 Å². The van der Waals surface area contributed by atoms with Crippen molar-refractivity contribution in [2.45, 2.75) is 18.8 Å². The summed E-state index contributed by atoms with van der Waals surface area (Å²) in [6.07, 6.45) is -0.626. The summed E-state index contributed by atoms with van der Waals surface area (Å²) in [6.45, 7) is 0.185. The minimum Gasteiger partial charge on any atom is -0.465 e. The minimum atomic E-state index is -2.93. The number of carbonyl (C=O) groups excluding carboxylic acids is 1. The van der Waals surface area contributed by atoms with E-state index in [9.17, 15) is 18.4 Å². The normalized spacial score (nSPS) is 31.3. The highest BCUT2D eigenvalue weighted by atomic mass is 19.3. The van der Waals surface area contributed by atoms with E-state index >= 15 is 0 Å². The number of carbonyl (C=O) groups is 2. The standard InChI is InChI=1S/C9H11F2NO3/c10-9(11)6(5-13)8(9)1-3-12(4-2-8)7(14)15/h5-6H,1-4H2,(H,14,15). The summed E-state index contributed by atoms with van der Waals surface area (Å²) in [5.41, 5.74) is -1.25. The van der Waals surface area contributed by atoms with Crippen LogP contribution in [0.5, 0.6) is 0 Å². The van der Waals surface area contributed by atoms with E-state index in [1.165, 1.54) is 0 Å². The summed E-state index contributed by atoms with van der Waals surface area (Å²) in [7, 11) is 0. The quantitative estimate of drug-likeness (QED) is 0.674. The van der Waals surface area contributed by atoms with Crippen molar-refractivity contribution >= 4 is 12.4 Å². The molecule has 0 aromatic carbocycles. The molecule has 1 aliphatic heterocycles. The Morgan fingerprint density at radius 3 is 2.27 bits per heavy atom. The molecule has 1 atom stereocenters. The lowest BCUT2D eigenvalue weighted by molar-refractivity contribution is -0.110. The number of carboxylic acid groups (broad SMARTS) is 1. The number of halogens is 2. The molecule has 1 aliphatic carbocycles. The average Bonchev–Trinajstić information content (AvgIpc) is 2.62. The van der Waals surface area contributed by atoms with Gasteiger partial charge in [-0.05, 0) is 12.8 Å². The smallest absolute Gasteiger partial charge is 0.407 e. The van der Waals surface area contributed by atoms with Gasteiger partial charge in [-0.25, -0.2) is 13.6 Å². The molecule has 4 nitrogen and oxygen atoms in total. The number of alkyl halides is 2. The predicted octanol–water partition coefficient (Wildman–Crippen LogP) is 1.21. The van der Waals surface area contributed by atoms with Gasteiger partial charge in [-0.3, -0.25) is 0 Å². The third kappa shape index (κ3) is 1.16. The highest BCUT2D eigenvalue weighted by Crippen LogP contribution is 2.69. The molecule has 6 heteroatoms. The van der Waals surface area contributed by atoms with Crippen LogP contribution in [0.1, 0.15) is 12.8 Å². The largest absolute Gasteiger partial charge is 0.465 e. The molecular formula is C9H11F2NO3. The summed E-state index contributed by atoms with van der Waals surface area (Å²) in [5.74, 6) is -4.14. The SMILES string of the molecule is O=CC1C(F)(F)C12CCN(C(=O)O)CC2. The fourth-order valence-electron chi connectivity index (χ4n) is 2.50. The molecule has 0 bridgehead atoms. The van der Waals surface area contributed by atoms with Crippen LogP contribution < -0.4 is 0 Å². The van der Waals surface area contributed by atoms with E-state index in [-0.39, 0.29) is 25.9 Å². The summed E-state index contributed by atoms with van der Waals surface area (Å²) >= 11 is 0. The van der Waals surface area contributed by atoms with Gasteiger partial charge in [-0.1, -0.05) is 0 Å². The first-order valence-corrected chi connectivity index (χ1v) is 4.77. The van der Waals surface area contributed by atoms with E-state index in [1.54, 1.807) is 0 Å². The fourth-order valence-corrected chi connectivity index (χ4v) is 2.50. The van der Waals surface area contributed by atoms with Crippen LogP contribution in [0.2, 0.25) is 0 Å². The van der Waals surface area contributed by atoms with Crippen LogP contribution in [0.4, 0.5) is 13.6 Å². The van der Waals surface area contributed by atoms with Gasteiger partial charge >= 0.3 is 6.09 Å². The lowest BCUT2D eigenvalue weighted by Gasteiger charge is -2.30. The van der Waals surface area contributed by atoms with Gasteiger partial charge in [0.15, 0.2) is 0 Å². The number of piperidine rings is 1. The second-order valence-electron chi connectivity index (χ2n) is 4.16. The number of aldehydes is 1. The maximum Gasteiger partial charge on any atom is 0.407 e. The molecule has 15 heavy (non-hydrogen) atoms. The number of hydrogen-bond donors (Lipinski definition) is 1. The summed E-state index contributed by atoms with van der Waals surface area (Å²) in [5, 5.41) is 8.65. The molecule has 1 heterocycles. The molecule has 0 radical (unpaired) electrons. The second kappa shape index (κ2) is 2.90. The van der Waals surface area contributed by atoms with Crippen LogP contribution in [0.3, 0.4) is 0 Å². The van der Waals surface area contributed by atoms with Crippen molar-refractivity contribution in [3.05, 3.63) is 0 Å². The number of rotatable bonds is 1. The molecule has 2 rings (SSSR count). The first-order chi connectivity index (χ1) is 6.95. The van der Waals surface area contributed by atoms with Crippen LogP contribution in [-0.2, 0) is 4.79 Å². The van der Waals surface area contributed by atoms with Crippen molar-refractivity contribution < 1.29 is 23.5 Å². The monoisotopic (exact) mass is 219 g/mol. The predicted molar refractivity (Wildman–Crippen MR) is 45.8 cm³/mol. The van der Waals surface area contributed by atoms with Gasteiger partial charge < -0.3 is 14.8 Å². The van der Waals surface area contributed by atoms with E-state index < -0.39 is 23.3 Å². The molecule has 84 valence electrons. The van der Waals surface area contributed by atoms with Crippen LogP contribution in [-0.4, -0.2) is 41.4 Å². The molecule has 1 unspecified atom stereocenters. The molecule has 1 N–H and O–H groups in total. The highest BCUT2D eigenvalue weighted by Gasteiger charge is 2.80. The Labute approximate surface area is 84.9 Å². The third-order valence-electron chi connectivity index (χ3n) is 3.63. The summed E-state index contributed by atoms with van der Waals surface area (Å²) < 4.78 is 26.5. The van der Waals surface area contributed by atoms with Gasteiger partial charge in [0.1, 0.15) is 6.29 Å². The Balaban J connectivity index is 2.06. The van der Waals surface area contributed by atoms with Crippen LogP contribution in [0.25, 0.3) is 0 Å². The van der Waals surface area contributed by atoms with Gasteiger partial charge in [-0.2, -0.15) is 0 Å². The first-order valence-electron chi connectivity index (χ1n) is 4.77. The summed E-state index contributed by atoms with van der Waals surface area (Å²) in [4.78, 5) is 22.1.